The number of benzene rings is 4. The number of nitrogens with zero attached hydrogens (tertiary/aromatic N) is 1. The zero-order valence-corrected chi connectivity index (χ0v) is 19.6. The molecular weight excluding hydrogens is 440 g/mol. The van der Waals surface area contributed by atoms with Crippen LogP contribution in [-0.2, 0) is 4.79 Å². The first-order chi connectivity index (χ1) is 17.1. The third-order valence-electron chi connectivity index (χ3n) is 5.03. The summed E-state index contributed by atoms with van der Waals surface area (Å²) in [6.07, 6.45) is 1.74. The van der Waals surface area contributed by atoms with E-state index in [1.165, 1.54) is 0 Å². The Kier molecular flexibility index (Phi) is 7.76. The highest BCUT2D eigenvalue weighted by Crippen LogP contribution is 2.28. The van der Waals surface area contributed by atoms with Crippen LogP contribution in [0.25, 0.3) is 0 Å². The van der Waals surface area contributed by atoms with E-state index in [2.05, 4.69) is 10.3 Å². The van der Waals surface area contributed by atoms with Gasteiger partial charge in [0, 0.05) is 11.9 Å². The molecule has 1 amide bonds. The van der Waals surface area contributed by atoms with E-state index in [0.29, 0.717) is 11.5 Å². The molecule has 0 saturated carbocycles. The molecule has 6 nitrogen and oxygen atoms in total. The normalized spacial score (nSPS) is 10.7. The zero-order chi connectivity index (χ0) is 24.5. The average Bonchev–Trinajstić information content (AvgIpc) is 2.88. The molecule has 0 saturated heterocycles. The highest BCUT2D eigenvalue weighted by atomic mass is 16.5. The molecule has 4 aromatic carbocycles. The highest BCUT2D eigenvalue weighted by molar-refractivity contribution is 5.92. The zero-order valence-electron chi connectivity index (χ0n) is 19.6. The third-order valence-corrected chi connectivity index (χ3v) is 5.03. The molecule has 0 aliphatic carbocycles. The number of para-hydroxylation sites is 1. The molecule has 0 fully saturated rings. The van der Waals surface area contributed by atoms with Gasteiger partial charge >= 0.3 is 0 Å². The van der Waals surface area contributed by atoms with Crippen LogP contribution in [0, 0.1) is 6.92 Å². The fraction of sp³-hybridized carbons (Fsp3) is 0.103. The molecule has 0 aliphatic rings. The van der Waals surface area contributed by atoms with Gasteiger partial charge in [0.25, 0.3) is 5.91 Å². The molecular formula is C29H26N2O4. The first-order valence-electron chi connectivity index (χ1n) is 11.1. The minimum Gasteiger partial charge on any atom is -0.493 e. The number of methoxy groups -OCH3 is 1. The van der Waals surface area contributed by atoms with Crippen molar-refractivity contribution in [2.45, 2.75) is 6.92 Å². The number of hydrogen-bond donors (Lipinski definition) is 1. The summed E-state index contributed by atoms with van der Waals surface area (Å²) in [4.78, 5) is 16.8. The number of aryl methyl sites for hydroxylation is 1. The second-order valence-electron chi connectivity index (χ2n) is 7.78. The van der Waals surface area contributed by atoms with E-state index in [0.717, 1.165) is 34.0 Å². The topological polar surface area (TPSA) is 69.1 Å². The molecule has 1 N–H and O–H groups in total. The van der Waals surface area contributed by atoms with Crippen molar-refractivity contribution in [3.05, 3.63) is 108 Å². The molecule has 4 rings (SSSR count). The maximum Gasteiger partial charge on any atom is 0.262 e. The predicted octanol–water partition coefficient (Wildman–Crippen LogP) is 6.56. The second-order valence-corrected chi connectivity index (χ2v) is 7.78. The molecule has 0 aliphatic heterocycles. The van der Waals surface area contributed by atoms with Crippen LogP contribution in [0.4, 0.5) is 11.4 Å². The van der Waals surface area contributed by atoms with Crippen LogP contribution in [0.3, 0.4) is 0 Å². The number of ether oxygens (including phenoxy) is 3. The van der Waals surface area contributed by atoms with Crippen LogP contribution in [0.15, 0.2) is 102 Å². The Morgan fingerprint density at radius 3 is 2.37 bits per heavy atom. The molecule has 176 valence electrons. The van der Waals surface area contributed by atoms with Gasteiger partial charge in [0.15, 0.2) is 18.1 Å². The number of nitrogens with one attached hydrogen (secondary N) is 1. The fourth-order valence-corrected chi connectivity index (χ4v) is 3.32. The van der Waals surface area contributed by atoms with Crippen LogP contribution < -0.4 is 19.5 Å². The summed E-state index contributed by atoms with van der Waals surface area (Å²) in [7, 11) is 1.56. The Bertz CT molecular complexity index is 1300. The van der Waals surface area contributed by atoms with E-state index < -0.39 is 0 Å². The molecule has 6 heteroatoms. The lowest BCUT2D eigenvalue weighted by molar-refractivity contribution is -0.118. The Morgan fingerprint density at radius 2 is 1.63 bits per heavy atom. The molecule has 0 aromatic heterocycles. The first kappa shape index (κ1) is 23.6. The van der Waals surface area contributed by atoms with Crippen LogP contribution in [-0.4, -0.2) is 25.8 Å². The number of anilines is 1. The van der Waals surface area contributed by atoms with Gasteiger partial charge in [-0.05, 0) is 84.8 Å². The van der Waals surface area contributed by atoms with Gasteiger partial charge in [-0.2, -0.15) is 0 Å². The molecule has 0 spiro atoms. The van der Waals surface area contributed by atoms with E-state index in [-0.39, 0.29) is 12.5 Å². The van der Waals surface area contributed by atoms with Gasteiger partial charge in [0.05, 0.1) is 12.8 Å². The second kappa shape index (κ2) is 11.5. The summed E-state index contributed by atoms with van der Waals surface area (Å²) < 4.78 is 16.9. The molecule has 0 atom stereocenters. The van der Waals surface area contributed by atoms with Gasteiger partial charge in [0.2, 0.25) is 0 Å². The number of aliphatic imine (C=N–C) groups is 1. The Hall–Kier alpha value is -4.58. The fourth-order valence-electron chi connectivity index (χ4n) is 3.32. The summed E-state index contributed by atoms with van der Waals surface area (Å²) >= 11 is 0. The Balaban J connectivity index is 1.34. The number of carbonyl (C=O) groups is 1. The number of rotatable bonds is 9. The van der Waals surface area contributed by atoms with E-state index in [1.807, 2.05) is 97.9 Å². The van der Waals surface area contributed by atoms with Crippen molar-refractivity contribution < 1.29 is 19.0 Å². The van der Waals surface area contributed by atoms with Crippen LogP contribution in [0.1, 0.15) is 11.1 Å². The van der Waals surface area contributed by atoms with Crippen molar-refractivity contribution in [2.24, 2.45) is 4.99 Å². The predicted molar refractivity (Wildman–Crippen MR) is 139 cm³/mol. The monoisotopic (exact) mass is 466 g/mol. The standard InChI is InChI=1S/C29H26N2O4/c1-21-7-6-8-24(17-21)31-29(32)20-34-27-16-11-22(18-28(27)33-2)19-30-23-12-14-26(15-13-23)35-25-9-4-3-5-10-25/h3-19H,20H2,1-2H3,(H,31,32). The number of amides is 1. The molecule has 4 aromatic rings. The molecule has 0 unspecified atom stereocenters. The van der Waals surface area contributed by atoms with Crippen molar-refractivity contribution in [3.8, 4) is 23.0 Å². The quantitative estimate of drug-likeness (QED) is 0.284. The third kappa shape index (κ3) is 6.95. The van der Waals surface area contributed by atoms with E-state index >= 15 is 0 Å². The lowest BCUT2D eigenvalue weighted by atomic mass is 10.2. The maximum absolute atomic E-state index is 12.2. The minimum atomic E-state index is -0.247. The van der Waals surface area contributed by atoms with Crippen molar-refractivity contribution >= 4 is 23.5 Å². The molecule has 0 heterocycles. The van der Waals surface area contributed by atoms with E-state index in [1.54, 1.807) is 19.4 Å². The SMILES string of the molecule is COc1cc(C=Nc2ccc(Oc3ccccc3)cc2)ccc1OCC(=O)Nc1cccc(C)c1. The van der Waals surface area contributed by atoms with Crippen LogP contribution in [0.2, 0.25) is 0 Å². The van der Waals surface area contributed by atoms with Crippen LogP contribution in [0.5, 0.6) is 23.0 Å². The van der Waals surface area contributed by atoms with Crippen molar-refractivity contribution in [1.29, 1.82) is 0 Å². The molecule has 35 heavy (non-hydrogen) atoms. The average molecular weight is 467 g/mol. The van der Waals surface area contributed by atoms with E-state index in [9.17, 15) is 4.79 Å². The Labute approximate surface area is 204 Å². The Morgan fingerprint density at radius 1 is 0.857 bits per heavy atom. The van der Waals surface area contributed by atoms with Gasteiger partial charge < -0.3 is 19.5 Å². The highest BCUT2D eigenvalue weighted by Gasteiger charge is 2.09. The lowest BCUT2D eigenvalue weighted by Crippen LogP contribution is -2.20. The number of carbonyl (C=O) groups excluding carboxylic acids is 1. The van der Waals surface area contributed by atoms with Gasteiger partial charge in [-0.15, -0.1) is 0 Å². The largest absolute Gasteiger partial charge is 0.493 e. The van der Waals surface area contributed by atoms with Crippen molar-refractivity contribution in [2.75, 3.05) is 19.0 Å². The lowest BCUT2D eigenvalue weighted by Gasteiger charge is -2.11. The molecule has 0 bridgehead atoms. The summed E-state index contributed by atoms with van der Waals surface area (Å²) in [5, 5.41) is 2.82. The van der Waals surface area contributed by atoms with Crippen LogP contribution >= 0.6 is 0 Å². The van der Waals surface area contributed by atoms with Gasteiger partial charge in [-0.3, -0.25) is 9.79 Å². The summed E-state index contributed by atoms with van der Waals surface area (Å²) in [5.74, 6) is 2.27. The smallest absolute Gasteiger partial charge is 0.262 e. The summed E-state index contributed by atoms with van der Waals surface area (Å²) in [6.45, 7) is 1.84. The minimum absolute atomic E-state index is 0.130. The summed E-state index contributed by atoms with van der Waals surface area (Å²) in [6, 6.07) is 30.2. The van der Waals surface area contributed by atoms with Crippen molar-refractivity contribution in [1.82, 2.24) is 0 Å². The van der Waals surface area contributed by atoms with E-state index in [4.69, 9.17) is 14.2 Å². The molecule has 0 radical (unpaired) electrons. The summed E-state index contributed by atoms with van der Waals surface area (Å²) in [5.41, 5.74) is 3.43. The van der Waals surface area contributed by atoms with Gasteiger partial charge in [-0.25, -0.2) is 0 Å². The van der Waals surface area contributed by atoms with Gasteiger partial charge in [0.1, 0.15) is 11.5 Å². The maximum atomic E-state index is 12.2. The van der Waals surface area contributed by atoms with Crippen molar-refractivity contribution in [3.63, 3.8) is 0 Å². The first-order valence-corrected chi connectivity index (χ1v) is 11.1. The van der Waals surface area contributed by atoms with Gasteiger partial charge in [-0.1, -0.05) is 30.3 Å². The number of hydrogen-bond acceptors (Lipinski definition) is 5.